The molecule has 9 heteroatoms. The summed E-state index contributed by atoms with van der Waals surface area (Å²) in [4.78, 5) is 27.7. The van der Waals surface area contributed by atoms with Crippen LogP contribution in [-0.2, 0) is 14.6 Å². The monoisotopic (exact) mass is 365 g/mol. The Morgan fingerprint density at radius 3 is 2.92 bits per heavy atom. The molecule has 0 saturated carbocycles. The Hall–Kier alpha value is -2.16. The number of sulfone groups is 1. The van der Waals surface area contributed by atoms with Crippen molar-refractivity contribution in [3.8, 4) is 0 Å². The second-order valence-electron chi connectivity index (χ2n) is 6.79. The standard InChI is InChI=1S/C16H23N5O3S/c1-11-5-7-21(14(22)9-25(3,23)24)8-13(11)20(2)16-12-4-6-17-15(12)18-10-19-16/h4,6,10-11,13H,5,7-9H2,1-3H3,(H,17,18,19)/t11-,13-/m1/s1. The highest BCUT2D eigenvalue weighted by Gasteiger charge is 2.33. The first-order chi connectivity index (χ1) is 11.8. The van der Waals surface area contributed by atoms with Crippen LogP contribution >= 0.6 is 0 Å². The molecule has 25 heavy (non-hydrogen) atoms. The lowest BCUT2D eigenvalue weighted by atomic mass is 9.92. The van der Waals surface area contributed by atoms with Gasteiger partial charge in [0, 0.05) is 32.6 Å². The van der Waals surface area contributed by atoms with Crippen molar-refractivity contribution in [2.75, 3.05) is 37.0 Å². The first kappa shape index (κ1) is 17.7. The minimum Gasteiger partial charge on any atom is -0.354 e. The van der Waals surface area contributed by atoms with Crippen LogP contribution in [0.15, 0.2) is 18.6 Å². The van der Waals surface area contributed by atoms with E-state index in [-0.39, 0.29) is 11.9 Å². The molecule has 1 fully saturated rings. The van der Waals surface area contributed by atoms with E-state index in [1.54, 1.807) is 4.90 Å². The molecule has 0 bridgehead atoms. The molecule has 0 spiro atoms. The van der Waals surface area contributed by atoms with E-state index in [2.05, 4.69) is 26.8 Å². The number of nitrogens with one attached hydrogen (secondary N) is 1. The molecule has 1 N–H and O–H groups in total. The van der Waals surface area contributed by atoms with Crippen LogP contribution in [0.3, 0.4) is 0 Å². The first-order valence-corrected chi connectivity index (χ1v) is 10.3. The number of likely N-dealkylation sites (tertiary alicyclic amines) is 1. The number of aromatic nitrogens is 3. The summed E-state index contributed by atoms with van der Waals surface area (Å²) in [6.07, 6.45) is 5.25. The number of fused-ring (bicyclic) bond motifs is 1. The second-order valence-corrected chi connectivity index (χ2v) is 8.93. The molecule has 3 heterocycles. The van der Waals surface area contributed by atoms with Crippen LogP contribution in [0.2, 0.25) is 0 Å². The number of nitrogens with zero attached hydrogens (tertiary/aromatic N) is 4. The molecule has 1 saturated heterocycles. The van der Waals surface area contributed by atoms with Gasteiger partial charge >= 0.3 is 0 Å². The van der Waals surface area contributed by atoms with Gasteiger partial charge in [-0.15, -0.1) is 0 Å². The second kappa shape index (κ2) is 6.62. The summed E-state index contributed by atoms with van der Waals surface area (Å²) in [5, 5.41) is 0.928. The van der Waals surface area contributed by atoms with E-state index in [4.69, 9.17) is 0 Å². The zero-order valence-electron chi connectivity index (χ0n) is 14.6. The van der Waals surface area contributed by atoms with E-state index < -0.39 is 15.6 Å². The van der Waals surface area contributed by atoms with E-state index in [9.17, 15) is 13.2 Å². The number of aromatic amines is 1. The molecule has 2 aromatic heterocycles. The van der Waals surface area contributed by atoms with Gasteiger partial charge in [0.2, 0.25) is 5.91 Å². The molecule has 1 amide bonds. The highest BCUT2D eigenvalue weighted by molar-refractivity contribution is 7.91. The van der Waals surface area contributed by atoms with Crippen molar-refractivity contribution in [3.63, 3.8) is 0 Å². The van der Waals surface area contributed by atoms with Gasteiger partial charge in [-0.1, -0.05) is 6.92 Å². The summed E-state index contributed by atoms with van der Waals surface area (Å²) in [7, 11) is -1.37. The van der Waals surface area contributed by atoms with Crippen molar-refractivity contribution in [1.29, 1.82) is 0 Å². The fraction of sp³-hybridized carbons (Fsp3) is 0.562. The van der Waals surface area contributed by atoms with Crippen molar-refractivity contribution in [3.05, 3.63) is 18.6 Å². The Bertz CT molecular complexity index is 879. The number of H-pyrrole nitrogens is 1. The van der Waals surface area contributed by atoms with Crippen molar-refractivity contribution >= 4 is 32.6 Å². The van der Waals surface area contributed by atoms with Gasteiger partial charge in [-0.25, -0.2) is 18.4 Å². The lowest BCUT2D eigenvalue weighted by molar-refractivity contribution is -0.130. The normalized spacial score (nSPS) is 21.5. The van der Waals surface area contributed by atoms with Crippen LogP contribution in [0.1, 0.15) is 13.3 Å². The summed E-state index contributed by atoms with van der Waals surface area (Å²) < 4.78 is 22.8. The highest BCUT2D eigenvalue weighted by Crippen LogP contribution is 2.28. The maximum absolute atomic E-state index is 12.3. The van der Waals surface area contributed by atoms with E-state index in [1.807, 2.05) is 19.3 Å². The maximum Gasteiger partial charge on any atom is 0.237 e. The quantitative estimate of drug-likeness (QED) is 0.855. The number of rotatable bonds is 4. The van der Waals surface area contributed by atoms with Crippen molar-refractivity contribution in [2.24, 2.45) is 5.92 Å². The van der Waals surface area contributed by atoms with E-state index in [0.29, 0.717) is 19.0 Å². The Kier molecular flexibility index (Phi) is 4.68. The smallest absolute Gasteiger partial charge is 0.237 e. The molecule has 2 atom stereocenters. The van der Waals surface area contributed by atoms with E-state index >= 15 is 0 Å². The molecule has 3 rings (SSSR count). The summed E-state index contributed by atoms with van der Waals surface area (Å²) in [5.74, 6) is 0.395. The van der Waals surface area contributed by atoms with Crippen LogP contribution in [0.5, 0.6) is 0 Å². The minimum atomic E-state index is -3.33. The minimum absolute atomic E-state index is 0.0604. The number of amides is 1. The molecule has 0 unspecified atom stereocenters. The third-order valence-electron chi connectivity index (χ3n) is 4.82. The number of anilines is 1. The predicted octanol–water partition coefficient (Wildman–Crippen LogP) is 0.676. The lowest BCUT2D eigenvalue weighted by Crippen LogP contribution is -2.53. The van der Waals surface area contributed by atoms with Gasteiger partial charge < -0.3 is 14.8 Å². The number of hydrogen-bond donors (Lipinski definition) is 1. The van der Waals surface area contributed by atoms with Gasteiger partial charge in [0.15, 0.2) is 9.84 Å². The van der Waals surface area contributed by atoms with E-state index in [0.717, 1.165) is 29.5 Å². The number of likely N-dealkylation sites (N-methyl/N-ethyl adjacent to an activating group) is 1. The van der Waals surface area contributed by atoms with Gasteiger partial charge in [0.25, 0.3) is 0 Å². The molecule has 136 valence electrons. The molecule has 1 aliphatic heterocycles. The van der Waals surface area contributed by atoms with Gasteiger partial charge in [-0.3, -0.25) is 4.79 Å². The molecule has 0 radical (unpaired) electrons. The Balaban J connectivity index is 1.82. The SMILES string of the molecule is C[C@@H]1CCN(C(=O)CS(C)(=O)=O)C[C@H]1N(C)c1ncnc2[nH]ccc12. The zero-order chi connectivity index (χ0) is 18.2. The molecule has 2 aromatic rings. The van der Waals surface area contributed by atoms with Crippen LogP contribution in [0.4, 0.5) is 5.82 Å². The highest BCUT2D eigenvalue weighted by atomic mass is 32.2. The fourth-order valence-electron chi connectivity index (χ4n) is 3.39. The van der Waals surface area contributed by atoms with E-state index in [1.165, 1.54) is 6.33 Å². The summed E-state index contributed by atoms with van der Waals surface area (Å²) in [5.41, 5.74) is 0.769. The Morgan fingerprint density at radius 2 is 2.20 bits per heavy atom. The molecule has 0 aromatic carbocycles. The average molecular weight is 365 g/mol. The number of carbonyl (C=O) groups is 1. The van der Waals surface area contributed by atoms with Gasteiger partial charge in [0.1, 0.15) is 23.5 Å². The van der Waals surface area contributed by atoms with Crippen molar-refractivity contribution in [2.45, 2.75) is 19.4 Å². The summed E-state index contributed by atoms with van der Waals surface area (Å²) in [6.45, 7) is 3.22. The molecule has 1 aliphatic rings. The summed E-state index contributed by atoms with van der Waals surface area (Å²) in [6, 6.07) is 1.99. The average Bonchev–Trinajstić information content (AvgIpc) is 3.01. The van der Waals surface area contributed by atoms with Crippen LogP contribution in [0, 0.1) is 5.92 Å². The Labute approximate surface area is 147 Å². The molecular formula is C16H23N5O3S. The third-order valence-corrected chi connectivity index (χ3v) is 5.59. The topological polar surface area (TPSA) is 99.3 Å². The van der Waals surface area contributed by atoms with Gasteiger partial charge in [-0.05, 0) is 18.4 Å². The Morgan fingerprint density at radius 1 is 1.44 bits per heavy atom. The van der Waals surface area contributed by atoms with Crippen LogP contribution < -0.4 is 4.90 Å². The lowest BCUT2D eigenvalue weighted by Gasteiger charge is -2.42. The van der Waals surface area contributed by atoms with Gasteiger partial charge in [0.05, 0.1) is 11.4 Å². The predicted molar refractivity (Wildman–Crippen MR) is 96.2 cm³/mol. The molecular weight excluding hydrogens is 342 g/mol. The van der Waals surface area contributed by atoms with Crippen molar-refractivity contribution in [1.82, 2.24) is 19.9 Å². The third kappa shape index (κ3) is 3.76. The molecule has 8 nitrogen and oxygen atoms in total. The van der Waals surface area contributed by atoms with Crippen molar-refractivity contribution < 1.29 is 13.2 Å². The zero-order valence-corrected chi connectivity index (χ0v) is 15.5. The fourth-order valence-corrected chi connectivity index (χ4v) is 4.02. The first-order valence-electron chi connectivity index (χ1n) is 8.22. The van der Waals surface area contributed by atoms with Crippen LogP contribution in [-0.4, -0.2) is 72.4 Å². The van der Waals surface area contributed by atoms with Crippen LogP contribution in [0.25, 0.3) is 11.0 Å². The number of piperidine rings is 1. The largest absolute Gasteiger partial charge is 0.354 e. The van der Waals surface area contributed by atoms with Gasteiger partial charge in [-0.2, -0.15) is 0 Å². The summed E-state index contributed by atoms with van der Waals surface area (Å²) >= 11 is 0. The maximum atomic E-state index is 12.3. The number of carbonyl (C=O) groups excluding carboxylic acids is 1. The number of hydrogen-bond acceptors (Lipinski definition) is 6. The molecule has 0 aliphatic carbocycles.